The number of hydrogen-bond donors (Lipinski definition) is 2. The van der Waals surface area contributed by atoms with E-state index in [0.29, 0.717) is 0 Å². The van der Waals surface area contributed by atoms with Crippen molar-refractivity contribution in [2.75, 3.05) is 0 Å². The number of hydrogen-bond acceptors (Lipinski definition) is 1. The Morgan fingerprint density at radius 2 is 0.864 bits per heavy atom. The van der Waals surface area contributed by atoms with Crippen LogP contribution >= 0.6 is 0 Å². The molecule has 0 bridgehead atoms. The lowest BCUT2D eigenvalue weighted by atomic mass is 9.99. The van der Waals surface area contributed by atoms with E-state index in [4.69, 9.17) is 15.0 Å². The molecule has 0 saturated heterocycles. The molecule has 0 saturated carbocycles. The molecule has 0 aromatic heterocycles. The summed E-state index contributed by atoms with van der Waals surface area (Å²) in [6.07, 6.45) is -1.83. The highest BCUT2D eigenvalue weighted by Gasteiger charge is 2.00. The molecule has 0 amide bonds. The first-order valence-electron chi connectivity index (χ1n) is 6.79. The van der Waals surface area contributed by atoms with Crippen LogP contribution < -0.4 is 0 Å². The number of benzene rings is 3. The predicted octanol–water partition coefficient (Wildman–Crippen LogP) is 5.24. The summed E-state index contributed by atoms with van der Waals surface area (Å²) in [5, 5.41) is 13.9. The van der Waals surface area contributed by atoms with Gasteiger partial charge in [-0.3, -0.25) is 0 Å². The van der Waals surface area contributed by atoms with E-state index in [1.54, 1.807) is 0 Å². The minimum absolute atomic E-state index is 1.26. The van der Waals surface area contributed by atoms with Gasteiger partial charge in [0.2, 0.25) is 0 Å². The van der Waals surface area contributed by atoms with Crippen molar-refractivity contribution in [2.24, 2.45) is 0 Å². The van der Waals surface area contributed by atoms with E-state index < -0.39 is 6.16 Å². The van der Waals surface area contributed by atoms with Crippen molar-refractivity contribution < 1.29 is 15.0 Å². The van der Waals surface area contributed by atoms with E-state index in [2.05, 4.69) is 72.8 Å². The third-order valence-corrected chi connectivity index (χ3v) is 3.08. The van der Waals surface area contributed by atoms with Gasteiger partial charge in [0, 0.05) is 0 Å². The summed E-state index contributed by atoms with van der Waals surface area (Å²) in [5.74, 6) is 0. The summed E-state index contributed by atoms with van der Waals surface area (Å²) >= 11 is 0. The van der Waals surface area contributed by atoms with Crippen molar-refractivity contribution in [3.63, 3.8) is 0 Å². The van der Waals surface area contributed by atoms with E-state index >= 15 is 0 Å². The molecule has 0 aliphatic heterocycles. The lowest BCUT2D eigenvalue weighted by Gasteiger charge is -2.05. The fourth-order valence-electron chi connectivity index (χ4n) is 2.14. The summed E-state index contributed by atoms with van der Waals surface area (Å²) in [4.78, 5) is 8.56. The number of carboxylic acid groups (broad SMARTS) is 2. The normalized spacial score (nSPS) is 9.45. The average Bonchev–Trinajstić information content (AvgIpc) is 2.56. The van der Waals surface area contributed by atoms with E-state index in [1.807, 2.05) is 12.1 Å². The molecule has 0 heterocycles. The van der Waals surface area contributed by atoms with Crippen LogP contribution in [0.15, 0.2) is 84.9 Å². The number of rotatable bonds is 2. The van der Waals surface area contributed by atoms with Crippen LogP contribution in [0.4, 0.5) is 4.79 Å². The molecular formula is C19H16O3. The van der Waals surface area contributed by atoms with Crippen LogP contribution in [0, 0.1) is 0 Å². The van der Waals surface area contributed by atoms with Gasteiger partial charge in [-0.15, -0.1) is 0 Å². The van der Waals surface area contributed by atoms with Gasteiger partial charge in [-0.1, -0.05) is 78.9 Å². The molecule has 0 unspecified atom stereocenters. The van der Waals surface area contributed by atoms with Crippen molar-refractivity contribution in [3.05, 3.63) is 84.9 Å². The standard InChI is InChI=1S/C18H14.CH2O3/c1-3-8-15(9-4-1)17-12-7-13-18(14-17)16-10-5-2-6-11-16;2-1(3)4/h1-14H;(H2,2,3,4). The Balaban J connectivity index is 0.000000396. The highest BCUT2D eigenvalue weighted by Crippen LogP contribution is 2.25. The number of carbonyl (C=O) groups is 1. The molecule has 0 atom stereocenters. The molecule has 110 valence electrons. The molecule has 0 aliphatic carbocycles. The van der Waals surface area contributed by atoms with Crippen LogP contribution in [0.1, 0.15) is 0 Å². The lowest BCUT2D eigenvalue weighted by molar-refractivity contribution is 0.137. The second-order valence-corrected chi connectivity index (χ2v) is 4.60. The van der Waals surface area contributed by atoms with Crippen LogP contribution in [-0.2, 0) is 0 Å². The van der Waals surface area contributed by atoms with Gasteiger partial charge in [0.25, 0.3) is 0 Å². The second-order valence-electron chi connectivity index (χ2n) is 4.60. The summed E-state index contributed by atoms with van der Waals surface area (Å²) in [5.41, 5.74) is 5.04. The second kappa shape index (κ2) is 7.64. The van der Waals surface area contributed by atoms with Gasteiger partial charge >= 0.3 is 6.16 Å². The van der Waals surface area contributed by atoms with Gasteiger partial charge in [0.15, 0.2) is 0 Å². The Labute approximate surface area is 129 Å². The largest absolute Gasteiger partial charge is 0.503 e. The Morgan fingerprint density at radius 1 is 0.545 bits per heavy atom. The lowest BCUT2D eigenvalue weighted by Crippen LogP contribution is -1.81. The Bertz CT molecular complexity index is 663. The molecule has 2 N–H and O–H groups in total. The highest BCUT2D eigenvalue weighted by molar-refractivity contribution is 5.72. The zero-order valence-corrected chi connectivity index (χ0v) is 11.9. The summed E-state index contributed by atoms with van der Waals surface area (Å²) in [7, 11) is 0. The van der Waals surface area contributed by atoms with Crippen LogP contribution in [0.25, 0.3) is 22.3 Å². The molecule has 0 spiro atoms. The fraction of sp³-hybridized carbons (Fsp3) is 0. The van der Waals surface area contributed by atoms with Crippen molar-refractivity contribution in [1.29, 1.82) is 0 Å². The smallest absolute Gasteiger partial charge is 0.450 e. The Hall–Kier alpha value is -3.07. The third kappa shape index (κ3) is 4.49. The first-order chi connectivity index (χ1) is 10.7. The maximum atomic E-state index is 8.56. The van der Waals surface area contributed by atoms with Crippen LogP contribution in [0.3, 0.4) is 0 Å². The molecule has 0 radical (unpaired) electrons. The predicted molar refractivity (Wildman–Crippen MR) is 88.0 cm³/mol. The minimum atomic E-state index is -1.83. The maximum Gasteiger partial charge on any atom is 0.503 e. The molecule has 0 fully saturated rings. The zero-order chi connectivity index (χ0) is 15.8. The van der Waals surface area contributed by atoms with Gasteiger partial charge in [-0.25, -0.2) is 4.79 Å². The van der Waals surface area contributed by atoms with Gasteiger partial charge in [0.05, 0.1) is 0 Å². The van der Waals surface area contributed by atoms with E-state index in [9.17, 15) is 0 Å². The first-order valence-corrected chi connectivity index (χ1v) is 6.79. The van der Waals surface area contributed by atoms with E-state index in [0.717, 1.165) is 0 Å². The van der Waals surface area contributed by atoms with Gasteiger partial charge in [-0.05, 0) is 28.3 Å². The van der Waals surface area contributed by atoms with E-state index in [1.165, 1.54) is 22.3 Å². The summed E-state index contributed by atoms with van der Waals surface area (Å²) < 4.78 is 0. The van der Waals surface area contributed by atoms with Crippen molar-refractivity contribution >= 4 is 6.16 Å². The SMILES string of the molecule is O=C(O)O.c1ccc(-c2cccc(-c3ccccc3)c2)cc1. The van der Waals surface area contributed by atoms with E-state index in [-0.39, 0.29) is 0 Å². The third-order valence-electron chi connectivity index (χ3n) is 3.08. The topological polar surface area (TPSA) is 57.5 Å². The molecule has 22 heavy (non-hydrogen) atoms. The average molecular weight is 292 g/mol. The summed E-state index contributed by atoms with van der Waals surface area (Å²) in [6.45, 7) is 0. The van der Waals surface area contributed by atoms with Gasteiger partial charge in [-0.2, -0.15) is 0 Å². The van der Waals surface area contributed by atoms with Crippen LogP contribution in [-0.4, -0.2) is 16.4 Å². The molecule has 3 aromatic carbocycles. The first kappa shape index (κ1) is 15.3. The molecule has 3 nitrogen and oxygen atoms in total. The van der Waals surface area contributed by atoms with Crippen LogP contribution in [0.2, 0.25) is 0 Å². The molecule has 3 aromatic rings. The molecular weight excluding hydrogens is 276 g/mol. The fourth-order valence-corrected chi connectivity index (χ4v) is 2.14. The minimum Gasteiger partial charge on any atom is -0.450 e. The van der Waals surface area contributed by atoms with Crippen molar-refractivity contribution in [1.82, 2.24) is 0 Å². The molecule has 0 aliphatic rings. The summed E-state index contributed by atoms with van der Waals surface area (Å²) in [6, 6.07) is 29.6. The monoisotopic (exact) mass is 292 g/mol. The Kier molecular flexibility index (Phi) is 5.32. The Morgan fingerprint density at radius 3 is 1.23 bits per heavy atom. The van der Waals surface area contributed by atoms with Crippen molar-refractivity contribution in [3.8, 4) is 22.3 Å². The highest BCUT2D eigenvalue weighted by atomic mass is 16.6. The quantitative estimate of drug-likeness (QED) is 0.678. The maximum absolute atomic E-state index is 8.56. The molecule has 3 heteroatoms. The van der Waals surface area contributed by atoms with Crippen molar-refractivity contribution in [2.45, 2.75) is 0 Å². The van der Waals surface area contributed by atoms with Crippen LogP contribution in [0.5, 0.6) is 0 Å². The zero-order valence-electron chi connectivity index (χ0n) is 11.9. The van der Waals surface area contributed by atoms with Gasteiger partial charge in [0.1, 0.15) is 0 Å². The molecule has 3 rings (SSSR count). The van der Waals surface area contributed by atoms with Gasteiger partial charge < -0.3 is 10.2 Å².